The normalized spacial score (nSPS) is 13.3. The molecule has 6 rings (SSSR count). The fraction of sp³-hybridized carbons (Fsp3) is 0.267. The predicted molar refractivity (Wildman–Crippen MR) is 163 cm³/mol. The maximum absolute atomic E-state index is 13.5. The number of hydrogen-bond donors (Lipinski definition) is 2. The second-order valence-electron chi connectivity index (χ2n) is 10.2. The van der Waals surface area contributed by atoms with Crippen molar-refractivity contribution >= 4 is 40.1 Å². The summed E-state index contributed by atoms with van der Waals surface area (Å²) in [6.45, 7) is 3.21. The van der Waals surface area contributed by atoms with Gasteiger partial charge in [0.25, 0.3) is 5.91 Å². The van der Waals surface area contributed by atoms with Gasteiger partial charge >= 0.3 is 5.95 Å². The highest BCUT2D eigenvalue weighted by molar-refractivity contribution is 6.01. The zero-order valence-corrected chi connectivity index (χ0v) is 23.6. The first-order valence-corrected chi connectivity index (χ1v) is 14.0. The molecule has 43 heavy (non-hydrogen) atoms. The third-order valence-electron chi connectivity index (χ3n) is 7.40. The van der Waals surface area contributed by atoms with Gasteiger partial charge in [-0.15, -0.1) is 0 Å². The Hall–Kier alpha value is -5.30. The van der Waals surface area contributed by atoms with Crippen molar-refractivity contribution in [3.05, 3.63) is 89.0 Å². The summed E-state index contributed by atoms with van der Waals surface area (Å²) in [7, 11) is 2.01. The largest absolute Gasteiger partial charge is 0.434 e. The van der Waals surface area contributed by atoms with E-state index in [1.54, 1.807) is 18.5 Å². The highest BCUT2D eigenvalue weighted by Crippen LogP contribution is 2.30. The maximum Gasteiger partial charge on any atom is 0.434 e. The van der Waals surface area contributed by atoms with E-state index in [9.17, 15) is 14.9 Å². The fourth-order valence-electron chi connectivity index (χ4n) is 5.31. The van der Waals surface area contributed by atoms with Gasteiger partial charge in [0.05, 0.1) is 31.0 Å². The van der Waals surface area contributed by atoms with Crippen molar-refractivity contribution in [2.75, 3.05) is 43.1 Å². The Morgan fingerprint density at radius 1 is 1.09 bits per heavy atom. The van der Waals surface area contributed by atoms with Crippen molar-refractivity contribution in [2.24, 2.45) is 7.05 Å². The van der Waals surface area contributed by atoms with E-state index in [0.29, 0.717) is 63.0 Å². The van der Waals surface area contributed by atoms with Crippen LogP contribution in [0.3, 0.4) is 0 Å². The molecule has 0 aliphatic carbocycles. The molecule has 5 aromatic rings. The maximum atomic E-state index is 13.5. The van der Waals surface area contributed by atoms with Crippen molar-refractivity contribution in [1.82, 2.24) is 29.4 Å². The molecule has 0 radical (unpaired) electrons. The average molecular weight is 582 g/mol. The minimum Gasteiger partial charge on any atom is -0.390 e. The third kappa shape index (κ3) is 6.02. The van der Waals surface area contributed by atoms with Gasteiger partial charge in [-0.1, -0.05) is 23.2 Å². The molecule has 3 aromatic heterocycles. The number of benzene rings is 2. The lowest BCUT2D eigenvalue weighted by Gasteiger charge is -2.30. The molecular formula is C30H31N9O4. The van der Waals surface area contributed by atoms with Gasteiger partial charge in [-0.05, 0) is 41.7 Å². The Balaban J connectivity index is 1.21. The number of rotatable bonds is 10. The summed E-state index contributed by atoms with van der Waals surface area (Å²) in [4.78, 5) is 39.2. The number of para-hydroxylation sites is 1. The number of carbonyl (C=O) groups is 1. The van der Waals surface area contributed by atoms with Gasteiger partial charge in [-0.2, -0.15) is 0 Å². The van der Waals surface area contributed by atoms with Gasteiger partial charge in [-0.25, -0.2) is 14.5 Å². The van der Waals surface area contributed by atoms with Crippen LogP contribution in [-0.4, -0.2) is 67.8 Å². The van der Waals surface area contributed by atoms with Gasteiger partial charge in [0.15, 0.2) is 0 Å². The lowest BCUT2D eigenvalue weighted by atomic mass is 10.1. The second kappa shape index (κ2) is 12.3. The fourth-order valence-corrected chi connectivity index (χ4v) is 5.31. The summed E-state index contributed by atoms with van der Waals surface area (Å²) in [6, 6.07) is 15.7. The molecule has 0 spiro atoms. The van der Waals surface area contributed by atoms with Crippen LogP contribution in [0.5, 0.6) is 0 Å². The Bertz CT molecular complexity index is 1770. The summed E-state index contributed by atoms with van der Waals surface area (Å²) in [6.07, 6.45) is 7.23. The Labute approximate surface area is 247 Å². The first kappa shape index (κ1) is 27.8. The average Bonchev–Trinajstić information content (AvgIpc) is 3.64. The first-order chi connectivity index (χ1) is 21.0. The van der Waals surface area contributed by atoms with Crippen LogP contribution >= 0.6 is 0 Å². The van der Waals surface area contributed by atoms with Gasteiger partial charge in [-0.3, -0.25) is 4.79 Å². The van der Waals surface area contributed by atoms with Crippen LogP contribution < -0.4 is 15.5 Å². The van der Waals surface area contributed by atoms with Crippen LogP contribution in [0.2, 0.25) is 0 Å². The van der Waals surface area contributed by atoms with Crippen LogP contribution in [0.15, 0.2) is 73.3 Å². The first-order valence-electron chi connectivity index (χ1n) is 14.0. The van der Waals surface area contributed by atoms with Crippen LogP contribution in [0, 0.1) is 10.1 Å². The summed E-state index contributed by atoms with van der Waals surface area (Å²) >= 11 is 0. The summed E-state index contributed by atoms with van der Waals surface area (Å²) in [5.41, 5.74) is 4.89. The summed E-state index contributed by atoms with van der Waals surface area (Å²) < 4.78 is 9.05. The number of imidazole rings is 1. The van der Waals surface area contributed by atoms with Crippen LogP contribution in [0.1, 0.15) is 16.8 Å². The van der Waals surface area contributed by atoms with Gasteiger partial charge in [0.1, 0.15) is 12.4 Å². The Morgan fingerprint density at radius 3 is 2.77 bits per heavy atom. The van der Waals surface area contributed by atoms with E-state index in [1.807, 2.05) is 37.4 Å². The van der Waals surface area contributed by atoms with Crippen LogP contribution in [0.25, 0.3) is 22.2 Å². The molecule has 0 unspecified atom stereocenters. The highest BCUT2D eigenvalue weighted by Gasteiger charge is 2.20. The van der Waals surface area contributed by atoms with E-state index in [4.69, 9.17) is 9.72 Å². The van der Waals surface area contributed by atoms with Gasteiger partial charge in [0.2, 0.25) is 5.95 Å². The summed E-state index contributed by atoms with van der Waals surface area (Å²) in [5.74, 6) is -0.0417. The van der Waals surface area contributed by atoms with Gasteiger partial charge < -0.3 is 35.0 Å². The molecule has 1 aliphatic heterocycles. The number of ether oxygens (including phenoxy) is 1. The molecule has 0 saturated carbocycles. The van der Waals surface area contributed by atoms with Crippen molar-refractivity contribution in [3.63, 3.8) is 0 Å². The van der Waals surface area contributed by atoms with E-state index in [0.717, 1.165) is 27.8 Å². The molecule has 2 N–H and O–H groups in total. The Morgan fingerprint density at radius 2 is 1.93 bits per heavy atom. The molecule has 1 aliphatic rings. The minimum absolute atomic E-state index is 0.216. The lowest BCUT2D eigenvalue weighted by Crippen LogP contribution is -2.38. The topological polar surface area (TPSA) is 145 Å². The smallest absolute Gasteiger partial charge is 0.390 e. The molecule has 13 nitrogen and oxygen atoms in total. The second-order valence-corrected chi connectivity index (χ2v) is 10.2. The molecule has 4 heterocycles. The molecule has 1 amide bonds. The highest BCUT2D eigenvalue weighted by atomic mass is 16.6. The molecule has 13 heteroatoms. The number of carbonyl (C=O) groups excluding carboxylic acids is 1. The van der Waals surface area contributed by atoms with E-state index in [1.165, 1.54) is 10.8 Å². The van der Waals surface area contributed by atoms with Crippen LogP contribution in [0.4, 0.5) is 23.3 Å². The number of nitrogens with zero attached hydrogens (tertiary/aromatic N) is 7. The molecule has 0 atom stereocenters. The lowest BCUT2D eigenvalue weighted by molar-refractivity contribution is -0.396. The molecule has 220 valence electrons. The number of anilines is 3. The van der Waals surface area contributed by atoms with E-state index >= 15 is 0 Å². The number of nitrogens with one attached hydrogen (secondary N) is 2. The molecule has 1 fully saturated rings. The van der Waals surface area contributed by atoms with Gasteiger partial charge in [0, 0.05) is 66.9 Å². The molecule has 1 saturated heterocycles. The van der Waals surface area contributed by atoms with Crippen LogP contribution in [-0.2, 0) is 18.3 Å². The Kier molecular flexibility index (Phi) is 7.96. The number of amides is 1. The summed E-state index contributed by atoms with van der Waals surface area (Å²) in [5, 5.41) is 18.5. The zero-order chi connectivity index (χ0) is 29.8. The number of fused-ring (bicyclic) bond motifs is 1. The molecular weight excluding hydrogens is 550 g/mol. The molecule has 2 aromatic carbocycles. The number of morpholine rings is 1. The minimum atomic E-state index is -0.521. The standard InChI is InChI=1S/C30H31N9O4/c1-36-20-24(22-5-2-3-6-26(22)36)25-9-11-32-29(35-25)34-21-7-8-27(37-15-17-43-18-16-37)23(19-21)28(40)31-10-4-13-38-14-12-33-30(38)39(41)42/h2-3,5-9,11-12,14,19-20H,4,10,13,15-18H2,1H3,(H,31,40)(H,32,34,35). The quantitative estimate of drug-likeness (QED) is 0.141. The number of aryl methyl sites for hydroxylation is 2. The van der Waals surface area contributed by atoms with Crippen molar-refractivity contribution in [3.8, 4) is 11.3 Å². The number of nitro groups is 1. The predicted octanol–water partition coefficient (Wildman–Crippen LogP) is 4.14. The van der Waals surface area contributed by atoms with Crippen molar-refractivity contribution in [1.29, 1.82) is 0 Å². The number of aromatic nitrogens is 5. The monoisotopic (exact) mass is 581 g/mol. The van der Waals surface area contributed by atoms with Crippen molar-refractivity contribution < 1.29 is 14.5 Å². The zero-order valence-electron chi connectivity index (χ0n) is 23.6. The van der Waals surface area contributed by atoms with Crippen molar-refractivity contribution in [2.45, 2.75) is 13.0 Å². The van der Waals surface area contributed by atoms with E-state index in [-0.39, 0.29) is 11.9 Å². The van der Waals surface area contributed by atoms with E-state index in [2.05, 4.69) is 48.4 Å². The number of hydrogen-bond acceptors (Lipinski definition) is 9. The van der Waals surface area contributed by atoms with E-state index < -0.39 is 4.92 Å². The third-order valence-corrected chi connectivity index (χ3v) is 7.40. The SMILES string of the molecule is Cn1cc(-c2ccnc(Nc3ccc(N4CCOCC4)c(C(=O)NCCCn4ccnc4[N+](=O)[O-])c3)n2)c2ccccc21. The molecule has 0 bridgehead atoms.